The standard InChI is InChI=1S/C18H17BrN2O3/c1-11(22)21-8-7-12-9-13(19)10-15(17(12)21)20-18(23)14-5-3-4-6-16(14)24-2/h3-6,9-10H,7-8H2,1-2H3,(H,20,23). The van der Waals surface area contributed by atoms with Crippen LogP contribution in [-0.2, 0) is 11.2 Å². The Morgan fingerprint density at radius 3 is 2.71 bits per heavy atom. The fourth-order valence-corrected chi connectivity index (χ4v) is 3.45. The van der Waals surface area contributed by atoms with Gasteiger partial charge >= 0.3 is 0 Å². The molecule has 1 heterocycles. The zero-order chi connectivity index (χ0) is 17.3. The lowest BCUT2D eigenvalue weighted by Crippen LogP contribution is -2.27. The van der Waals surface area contributed by atoms with Crippen LogP contribution in [0.15, 0.2) is 40.9 Å². The minimum atomic E-state index is -0.275. The zero-order valence-corrected chi connectivity index (χ0v) is 15.0. The van der Waals surface area contributed by atoms with Crippen LogP contribution in [0.25, 0.3) is 0 Å². The van der Waals surface area contributed by atoms with Gasteiger partial charge in [0.15, 0.2) is 0 Å². The summed E-state index contributed by atoms with van der Waals surface area (Å²) in [6.07, 6.45) is 0.770. The van der Waals surface area contributed by atoms with Crippen molar-refractivity contribution in [2.45, 2.75) is 13.3 Å². The second kappa shape index (κ2) is 6.65. The van der Waals surface area contributed by atoms with E-state index in [4.69, 9.17) is 4.74 Å². The van der Waals surface area contributed by atoms with Gasteiger partial charge in [0.1, 0.15) is 5.75 Å². The van der Waals surface area contributed by atoms with Gasteiger partial charge in [0, 0.05) is 17.9 Å². The van der Waals surface area contributed by atoms with Crippen LogP contribution in [-0.4, -0.2) is 25.5 Å². The van der Waals surface area contributed by atoms with Crippen molar-refractivity contribution in [1.82, 2.24) is 0 Å². The molecule has 0 spiro atoms. The first kappa shape index (κ1) is 16.5. The second-order valence-corrected chi connectivity index (χ2v) is 6.45. The van der Waals surface area contributed by atoms with Crippen molar-refractivity contribution in [1.29, 1.82) is 0 Å². The maximum Gasteiger partial charge on any atom is 0.259 e. The van der Waals surface area contributed by atoms with E-state index in [2.05, 4.69) is 21.2 Å². The van der Waals surface area contributed by atoms with Gasteiger partial charge in [0.2, 0.25) is 5.91 Å². The summed E-state index contributed by atoms with van der Waals surface area (Å²) in [7, 11) is 1.53. The smallest absolute Gasteiger partial charge is 0.259 e. The maximum atomic E-state index is 12.7. The molecule has 0 saturated carbocycles. The SMILES string of the molecule is COc1ccccc1C(=O)Nc1cc(Br)cc2c1N(C(C)=O)CC2. The molecular formula is C18H17BrN2O3. The molecule has 0 aromatic heterocycles. The van der Waals surface area contributed by atoms with E-state index in [0.717, 1.165) is 22.1 Å². The molecule has 1 aliphatic heterocycles. The number of hydrogen-bond acceptors (Lipinski definition) is 3. The van der Waals surface area contributed by atoms with Crippen molar-refractivity contribution >= 4 is 39.1 Å². The number of rotatable bonds is 3. The number of halogens is 1. The molecule has 0 aliphatic carbocycles. The molecule has 2 aromatic rings. The van der Waals surface area contributed by atoms with Gasteiger partial charge in [-0.2, -0.15) is 0 Å². The van der Waals surface area contributed by atoms with Crippen molar-refractivity contribution in [3.8, 4) is 5.75 Å². The van der Waals surface area contributed by atoms with E-state index >= 15 is 0 Å². The number of para-hydroxylation sites is 1. The third-order valence-electron chi connectivity index (χ3n) is 4.01. The molecule has 0 atom stereocenters. The first-order chi connectivity index (χ1) is 11.5. The lowest BCUT2D eigenvalue weighted by atomic mass is 10.1. The van der Waals surface area contributed by atoms with Gasteiger partial charge in [0.25, 0.3) is 5.91 Å². The van der Waals surface area contributed by atoms with Crippen LogP contribution in [0.4, 0.5) is 11.4 Å². The summed E-state index contributed by atoms with van der Waals surface area (Å²) in [6, 6.07) is 10.8. The highest BCUT2D eigenvalue weighted by molar-refractivity contribution is 9.10. The molecule has 24 heavy (non-hydrogen) atoms. The molecule has 2 aromatic carbocycles. The van der Waals surface area contributed by atoms with E-state index in [0.29, 0.717) is 23.5 Å². The highest BCUT2D eigenvalue weighted by Gasteiger charge is 2.27. The Hall–Kier alpha value is -2.34. The summed E-state index contributed by atoms with van der Waals surface area (Å²) in [5, 5.41) is 2.92. The van der Waals surface area contributed by atoms with Gasteiger partial charge in [-0.1, -0.05) is 28.1 Å². The third-order valence-corrected chi connectivity index (χ3v) is 4.47. The summed E-state index contributed by atoms with van der Waals surface area (Å²) in [5.41, 5.74) is 2.87. The number of methoxy groups -OCH3 is 1. The van der Waals surface area contributed by atoms with Crippen LogP contribution in [0, 0.1) is 0 Å². The molecule has 1 N–H and O–H groups in total. The Bertz CT molecular complexity index is 820. The van der Waals surface area contributed by atoms with Crippen molar-refractivity contribution in [2.24, 2.45) is 0 Å². The average molecular weight is 389 g/mol. The van der Waals surface area contributed by atoms with Crippen molar-refractivity contribution in [3.05, 3.63) is 52.0 Å². The zero-order valence-electron chi connectivity index (χ0n) is 13.4. The van der Waals surface area contributed by atoms with Gasteiger partial charge < -0.3 is 15.0 Å². The summed E-state index contributed by atoms with van der Waals surface area (Å²) >= 11 is 3.47. The number of amides is 2. The first-order valence-electron chi connectivity index (χ1n) is 7.56. The predicted octanol–water partition coefficient (Wildman–Crippen LogP) is 3.62. The van der Waals surface area contributed by atoms with Gasteiger partial charge in [-0.25, -0.2) is 0 Å². The molecule has 3 rings (SSSR count). The molecule has 2 amide bonds. The molecule has 0 radical (unpaired) electrons. The van der Waals surface area contributed by atoms with Crippen LogP contribution in [0.3, 0.4) is 0 Å². The van der Waals surface area contributed by atoms with E-state index in [-0.39, 0.29) is 11.8 Å². The molecule has 0 bridgehead atoms. The quantitative estimate of drug-likeness (QED) is 0.873. The molecule has 124 valence electrons. The number of anilines is 2. The van der Waals surface area contributed by atoms with Gasteiger partial charge in [0.05, 0.1) is 24.0 Å². The Kier molecular flexibility index (Phi) is 4.57. The second-order valence-electron chi connectivity index (χ2n) is 5.54. The molecule has 0 saturated heterocycles. The summed E-state index contributed by atoms with van der Waals surface area (Å²) < 4.78 is 6.11. The van der Waals surface area contributed by atoms with Crippen molar-refractivity contribution in [3.63, 3.8) is 0 Å². The fraction of sp³-hybridized carbons (Fsp3) is 0.222. The van der Waals surface area contributed by atoms with Crippen LogP contribution in [0.2, 0.25) is 0 Å². The normalized spacial score (nSPS) is 12.7. The van der Waals surface area contributed by atoms with Crippen molar-refractivity contribution in [2.75, 3.05) is 23.9 Å². The van der Waals surface area contributed by atoms with E-state index in [9.17, 15) is 9.59 Å². The highest BCUT2D eigenvalue weighted by Crippen LogP contribution is 2.38. The minimum absolute atomic E-state index is 0.0381. The first-order valence-corrected chi connectivity index (χ1v) is 8.35. The number of fused-ring (bicyclic) bond motifs is 1. The Balaban J connectivity index is 1.99. The topological polar surface area (TPSA) is 58.6 Å². The number of ether oxygens (including phenoxy) is 1. The van der Waals surface area contributed by atoms with Crippen LogP contribution < -0.4 is 15.0 Å². The lowest BCUT2D eigenvalue weighted by Gasteiger charge is -2.20. The number of benzene rings is 2. The molecule has 1 aliphatic rings. The van der Waals surface area contributed by atoms with Gasteiger partial charge in [-0.3, -0.25) is 9.59 Å². The summed E-state index contributed by atoms with van der Waals surface area (Å²) in [4.78, 5) is 26.2. The molecule has 6 heteroatoms. The minimum Gasteiger partial charge on any atom is -0.496 e. The third kappa shape index (κ3) is 3.01. The molecule has 0 fully saturated rings. The van der Waals surface area contributed by atoms with E-state index < -0.39 is 0 Å². The van der Waals surface area contributed by atoms with Crippen molar-refractivity contribution < 1.29 is 14.3 Å². The van der Waals surface area contributed by atoms with Crippen LogP contribution in [0.1, 0.15) is 22.8 Å². The number of carbonyl (C=O) groups excluding carboxylic acids is 2. The molecular weight excluding hydrogens is 372 g/mol. The van der Waals surface area contributed by atoms with Gasteiger partial charge in [-0.05, 0) is 36.2 Å². The number of nitrogens with one attached hydrogen (secondary N) is 1. The number of nitrogens with zero attached hydrogens (tertiary/aromatic N) is 1. The van der Waals surface area contributed by atoms with Crippen LogP contribution in [0.5, 0.6) is 5.75 Å². The Labute approximate surface area is 148 Å². The fourth-order valence-electron chi connectivity index (χ4n) is 2.94. The monoisotopic (exact) mass is 388 g/mol. The average Bonchev–Trinajstić information content (AvgIpc) is 2.98. The largest absolute Gasteiger partial charge is 0.496 e. The predicted molar refractivity (Wildman–Crippen MR) is 96.8 cm³/mol. The summed E-state index contributed by atoms with van der Waals surface area (Å²) in [6.45, 7) is 2.15. The Morgan fingerprint density at radius 2 is 2.00 bits per heavy atom. The van der Waals surface area contributed by atoms with E-state index in [1.54, 1.807) is 23.1 Å². The molecule has 0 unspecified atom stereocenters. The lowest BCUT2D eigenvalue weighted by molar-refractivity contribution is -0.116. The number of carbonyl (C=O) groups is 2. The highest BCUT2D eigenvalue weighted by atomic mass is 79.9. The maximum absolute atomic E-state index is 12.7. The number of hydrogen-bond donors (Lipinski definition) is 1. The van der Waals surface area contributed by atoms with E-state index in [1.807, 2.05) is 18.2 Å². The van der Waals surface area contributed by atoms with E-state index in [1.165, 1.54) is 14.0 Å². The van der Waals surface area contributed by atoms with Gasteiger partial charge in [-0.15, -0.1) is 0 Å². The summed E-state index contributed by atoms with van der Waals surface area (Å²) in [5.74, 6) is 0.192. The van der Waals surface area contributed by atoms with Crippen LogP contribution >= 0.6 is 15.9 Å². The molecule has 5 nitrogen and oxygen atoms in total. The Morgan fingerprint density at radius 1 is 1.25 bits per heavy atom.